The fourth-order valence-electron chi connectivity index (χ4n) is 2.17. The molecule has 112 valence electrons. The number of thioether (sulfide) groups is 1. The van der Waals surface area contributed by atoms with Crippen molar-refractivity contribution in [3.63, 3.8) is 0 Å². The van der Waals surface area contributed by atoms with Crippen molar-refractivity contribution in [1.82, 2.24) is 9.80 Å². The molecule has 1 aliphatic rings. The zero-order valence-corrected chi connectivity index (χ0v) is 13.3. The Bertz CT molecular complexity index is 264. The molecular formula is C14H28N2O2S. The van der Waals surface area contributed by atoms with Gasteiger partial charge in [0, 0.05) is 26.2 Å². The maximum atomic E-state index is 11.6. The van der Waals surface area contributed by atoms with E-state index in [4.69, 9.17) is 0 Å². The van der Waals surface area contributed by atoms with Crippen molar-refractivity contribution >= 4 is 17.7 Å². The van der Waals surface area contributed by atoms with Crippen LogP contribution in [0.5, 0.6) is 0 Å². The van der Waals surface area contributed by atoms with E-state index < -0.39 is 6.10 Å². The van der Waals surface area contributed by atoms with E-state index in [1.807, 2.05) is 11.8 Å². The topological polar surface area (TPSA) is 43.8 Å². The molecule has 1 N–H and O–H groups in total. The van der Waals surface area contributed by atoms with Crippen molar-refractivity contribution in [2.75, 3.05) is 44.2 Å². The lowest BCUT2D eigenvalue weighted by atomic mass is 10.2. The van der Waals surface area contributed by atoms with Gasteiger partial charge >= 0.3 is 0 Å². The fourth-order valence-corrected chi connectivity index (χ4v) is 3.14. The summed E-state index contributed by atoms with van der Waals surface area (Å²) in [6, 6.07) is 0. The number of hydrogen-bond donors (Lipinski definition) is 1. The first kappa shape index (κ1) is 16.8. The lowest BCUT2D eigenvalue weighted by Gasteiger charge is -2.35. The molecular weight excluding hydrogens is 260 g/mol. The molecule has 1 fully saturated rings. The van der Waals surface area contributed by atoms with Gasteiger partial charge in [-0.3, -0.25) is 9.69 Å². The number of aliphatic hydroxyl groups is 1. The van der Waals surface area contributed by atoms with Gasteiger partial charge in [0.15, 0.2) is 0 Å². The number of aliphatic hydroxyl groups excluding tert-OH is 1. The van der Waals surface area contributed by atoms with Crippen LogP contribution in [0.3, 0.4) is 0 Å². The molecule has 19 heavy (non-hydrogen) atoms. The van der Waals surface area contributed by atoms with Crippen molar-refractivity contribution < 1.29 is 9.90 Å². The molecule has 4 nitrogen and oxygen atoms in total. The highest BCUT2D eigenvalue weighted by molar-refractivity contribution is 7.99. The average Bonchev–Trinajstić information content (AvgIpc) is 2.37. The van der Waals surface area contributed by atoms with Gasteiger partial charge < -0.3 is 10.0 Å². The summed E-state index contributed by atoms with van der Waals surface area (Å²) in [4.78, 5) is 15.8. The van der Waals surface area contributed by atoms with E-state index in [1.54, 1.807) is 11.8 Å². The standard InChI is InChI=1S/C14H28N2O2S/c1-12(2)11-19-10-4-5-15-6-8-16(9-7-15)14(18)13(3)17/h12-13,17H,4-11H2,1-3H3. The van der Waals surface area contributed by atoms with Crippen LogP contribution in [0.15, 0.2) is 0 Å². The Balaban J connectivity index is 2.08. The van der Waals surface area contributed by atoms with E-state index in [9.17, 15) is 9.90 Å². The van der Waals surface area contributed by atoms with Gasteiger partial charge in [-0.1, -0.05) is 13.8 Å². The molecule has 0 saturated carbocycles. The van der Waals surface area contributed by atoms with Crippen LogP contribution in [0.1, 0.15) is 27.2 Å². The molecule has 1 heterocycles. The molecule has 0 aromatic heterocycles. The van der Waals surface area contributed by atoms with Crippen LogP contribution >= 0.6 is 11.8 Å². The molecule has 1 atom stereocenters. The highest BCUT2D eigenvalue weighted by atomic mass is 32.2. The lowest BCUT2D eigenvalue weighted by Crippen LogP contribution is -2.51. The summed E-state index contributed by atoms with van der Waals surface area (Å²) in [5.41, 5.74) is 0. The van der Waals surface area contributed by atoms with E-state index in [-0.39, 0.29) is 5.91 Å². The molecule has 0 radical (unpaired) electrons. The van der Waals surface area contributed by atoms with Gasteiger partial charge in [-0.15, -0.1) is 0 Å². The summed E-state index contributed by atoms with van der Waals surface area (Å²) >= 11 is 2.04. The Morgan fingerprint density at radius 1 is 1.21 bits per heavy atom. The third kappa shape index (κ3) is 6.63. The van der Waals surface area contributed by atoms with Gasteiger partial charge in [0.25, 0.3) is 5.91 Å². The number of nitrogens with zero attached hydrogens (tertiary/aromatic N) is 2. The van der Waals surface area contributed by atoms with Crippen LogP contribution in [0.4, 0.5) is 0 Å². The van der Waals surface area contributed by atoms with Crippen molar-refractivity contribution in [1.29, 1.82) is 0 Å². The molecule has 0 aliphatic carbocycles. The number of piperazine rings is 1. The van der Waals surface area contributed by atoms with Gasteiger partial charge in [-0.25, -0.2) is 0 Å². The van der Waals surface area contributed by atoms with Gasteiger partial charge in [-0.2, -0.15) is 11.8 Å². The Hall–Kier alpha value is -0.260. The van der Waals surface area contributed by atoms with E-state index in [1.165, 1.54) is 17.9 Å². The lowest BCUT2D eigenvalue weighted by molar-refractivity contribution is -0.141. The Morgan fingerprint density at radius 2 is 1.84 bits per heavy atom. The van der Waals surface area contributed by atoms with E-state index in [2.05, 4.69) is 18.7 Å². The van der Waals surface area contributed by atoms with Crippen LogP contribution in [0, 0.1) is 5.92 Å². The second-order valence-corrected chi connectivity index (χ2v) is 6.82. The molecule has 1 unspecified atom stereocenters. The van der Waals surface area contributed by atoms with Crippen LogP contribution in [-0.2, 0) is 4.79 Å². The zero-order chi connectivity index (χ0) is 14.3. The molecule has 0 spiro atoms. The Morgan fingerprint density at radius 3 is 2.37 bits per heavy atom. The monoisotopic (exact) mass is 288 g/mol. The van der Waals surface area contributed by atoms with Gasteiger partial charge in [0.1, 0.15) is 6.10 Å². The second-order valence-electron chi connectivity index (χ2n) is 5.67. The highest BCUT2D eigenvalue weighted by Gasteiger charge is 2.23. The first-order valence-electron chi connectivity index (χ1n) is 7.27. The van der Waals surface area contributed by atoms with E-state index >= 15 is 0 Å². The number of carbonyl (C=O) groups excluding carboxylic acids is 1. The number of amides is 1. The van der Waals surface area contributed by atoms with Crippen LogP contribution in [0.25, 0.3) is 0 Å². The van der Waals surface area contributed by atoms with Crippen molar-refractivity contribution in [3.05, 3.63) is 0 Å². The fraction of sp³-hybridized carbons (Fsp3) is 0.929. The molecule has 1 amide bonds. The third-order valence-electron chi connectivity index (χ3n) is 3.26. The summed E-state index contributed by atoms with van der Waals surface area (Å²) in [5, 5.41) is 9.28. The van der Waals surface area contributed by atoms with Crippen molar-refractivity contribution in [2.45, 2.75) is 33.3 Å². The maximum Gasteiger partial charge on any atom is 0.251 e. The van der Waals surface area contributed by atoms with E-state index in [0.717, 1.165) is 38.6 Å². The summed E-state index contributed by atoms with van der Waals surface area (Å²) in [5.74, 6) is 3.12. The Kier molecular flexibility index (Phi) is 7.80. The number of rotatable bonds is 7. The molecule has 0 bridgehead atoms. The summed E-state index contributed by atoms with van der Waals surface area (Å²) in [6.45, 7) is 10.6. The molecule has 0 aromatic carbocycles. The predicted octanol–water partition coefficient (Wildman–Crippen LogP) is 1.29. The summed E-state index contributed by atoms with van der Waals surface area (Å²) < 4.78 is 0. The van der Waals surface area contributed by atoms with Gasteiger partial charge in [0.05, 0.1) is 0 Å². The van der Waals surface area contributed by atoms with Crippen LogP contribution in [-0.4, -0.2) is 71.1 Å². The minimum Gasteiger partial charge on any atom is -0.384 e. The van der Waals surface area contributed by atoms with Gasteiger partial charge in [-0.05, 0) is 37.3 Å². The minimum atomic E-state index is -0.862. The highest BCUT2D eigenvalue weighted by Crippen LogP contribution is 2.10. The molecule has 1 rings (SSSR count). The summed E-state index contributed by atoms with van der Waals surface area (Å²) in [6.07, 6.45) is 0.362. The Labute approximate surface area is 121 Å². The van der Waals surface area contributed by atoms with Crippen molar-refractivity contribution in [2.24, 2.45) is 5.92 Å². The minimum absolute atomic E-state index is 0.132. The second kappa shape index (κ2) is 8.82. The van der Waals surface area contributed by atoms with E-state index in [0.29, 0.717) is 0 Å². The third-order valence-corrected chi connectivity index (χ3v) is 4.74. The predicted molar refractivity (Wildman–Crippen MR) is 81.5 cm³/mol. The van der Waals surface area contributed by atoms with Crippen LogP contribution in [0.2, 0.25) is 0 Å². The quantitative estimate of drug-likeness (QED) is 0.717. The molecule has 5 heteroatoms. The normalized spacial score (nSPS) is 18.9. The maximum absolute atomic E-state index is 11.6. The molecule has 1 saturated heterocycles. The first-order chi connectivity index (χ1) is 9.00. The van der Waals surface area contributed by atoms with Gasteiger partial charge in [0.2, 0.25) is 0 Å². The zero-order valence-electron chi connectivity index (χ0n) is 12.5. The molecule has 0 aromatic rings. The average molecular weight is 288 g/mol. The first-order valence-corrected chi connectivity index (χ1v) is 8.43. The number of carbonyl (C=O) groups is 1. The molecule has 1 aliphatic heterocycles. The SMILES string of the molecule is CC(C)CSCCCN1CCN(C(=O)C(C)O)CC1. The smallest absolute Gasteiger partial charge is 0.251 e. The summed E-state index contributed by atoms with van der Waals surface area (Å²) in [7, 11) is 0. The number of hydrogen-bond acceptors (Lipinski definition) is 4. The van der Waals surface area contributed by atoms with Crippen LogP contribution < -0.4 is 0 Å². The van der Waals surface area contributed by atoms with Crippen molar-refractivity contribution in [3.8, 4) is 0 Å². The largest absolute Gasteiger partial charge is 0.384 e.